The zero-order chi connectivity index (χ0) is 14.2. The molecule has 19 heavy (non-hydrogen) atoms. The Balaban J connectivity index is 2.23. The van der Waals surface area contributed by atoms with Crippen LogP contribution in [0.1, 0.15) is 38.3 Å². The molecule has 1 aromatic carbocycles. The van der Waals surface area contributed by atoms with Crippen molar-refractivity contribution in [3.8, 4) is 0 Å². The van der Waals surface area contributed by atoms with Gasteiger partial charge in [0.15, 0.2) is 5.13 Å². The third-order valence-corrected chi connectivity index (χ3v) is 3.96. The van der Waals surface area contributed by atoms with E-state index in [1.54, 1.807) is 0 Å². The van der Waals surface area contributed by atoms with Crippen molar-refractivity contribution >= 4 is 32.6 Å². The normalized spacial score (nSPS) is 11.8. The van der Waals surface area contributed by atoms with Gasteiger partial charge in [-0.1, -0.05) is 38.2 Å². The lowest BCUT2D eigenvalue weighted by atomic mass is 9.92. The number of hydrogen-bond donors (Lipinski definition) is 1. The first-order chi connectivity index (χ1) is 8.76. The lowest BCUT2D eigenvalue weighted by Gasteiger charge is -2.16. The number of carbonyl (C=O) groups excluding carboxylic acids is 1. The first-order valence-electron chi connectivity index (χ1n) is 6.43. The summed E-state index contributed by atoms with van der Waals surface area (Å²) in [5.41, 5.74) is 3.40. The third-order valence-electron chi connectivity index (χ3n) is 3.02. The molecule has 1 heterocycles. The number of rotatable bonds is 2. The molecule has 102 valence electrons. The Bertz CT molecular complexity index is 623. The lowest BCUT2D eigenvalue weighted by Crippen LogP contribution is -2.19. The van der Waals surface area contributed by atoms with Gasteiger partial charge >= 0.3 is 0 Å². The quantitative estimate of drug-likeness (QED) is 0.889. The largest absolute Gasteiger partial charge is 0.302 e. The topological polar surface area (TPSA) is 42.0 Å². The summed E-state index contributed by atoms with van der Waals surface area (Å²) in [4.78, 5) is 16.4. The van der Waals surface area contributed by atoms with Crippen LogP contribution in [0.15, 0.2) is 12.1 Å². The number of benzene rings is 1. The van der Waals surface area contributed by atoms with Gasteiger partial charge in [-0.2, -0.15) is 0 Å². The molecule has 0 bridgehead atoms. The molecule has 3 nitrogen and oxygen atoms in total. The first-order valence-corrected chi connectivity index (χ1v) is 7.24. The van der Waals surface area contributed by atoms with Gasteiger partial charge in [0.1, 0.15) is 0 Å². The van der Waals surface area contributed by atoms with Gasteiger partial charge in [-0.25, -0.2) is 4.98 Å². The van der Waals surface area contributed by atoms with Crippen LogP contribution in [-0.2, 0) is 4.79 Å². The van der Waals surface area contributed by atoms with Crippen molar-refractivity contribution in [2.24, 2.45) is 5.41 Å². The van der Waals surface area contributed by atoms with Crippen LogP contribution in [0.3, 0.4) is 0 Å². The maximum atomic E-state index is 11.9. The minimum Gasteiger partial charge on any atom is -0.302 e. The molecule has 0 unspecified atom stereocenters. The average molecular weight is 276 g/mol. The van der Waals surface area contributed by atoms with Gasteiger partial charge in [0, 0.05) is 6.42 Å². The predicted octanol–water partition coefficient (Wildman–Crippen LogP) is 4.29. The number of nitrogens with zero attached hydrogens (tertiary/aromatic N) is 1. The van der Waals surface area contributed by atoms with Crippen LogP contribution >= 0.6 is 11.3 Å². The monoisotopic (exact) mass is 276 g/mol. The molecule has 0 aliphatic heterocycles. The van der Waals surface area contributed by atoms with Gasteiger partial charge in [-0.05, 0) is 36.5 Å². The molecule has 0 spiro atoms. The van der Waals surface area contributed by atoms with Gasteiger partial charge in [-0.3, -0.25) is 4.79 Å². The lowest BCUT2D eigenvalue weighted by molar-refractivity contribution is -0.117. The second kappa shape index (κ2) is 4.93. The van der Waals surface area contributed by atoms with E-state index in [0.717, 1.165) is 10.2 Å². The maximum Gasteiger partial charge on any atom is 0.226 e. The van der Waals surface area contributed by atoms with Crippen LogP contribution in [0.5, 0.6) is 0 Å². The van der Waals surface area contributed by atoms with E-state index >= 15 is 0 Å². The SMILES string of the molecule is Cc1ccc2sc(NC(=O)CC(C)(C)C)nc2c1C. The van der Waals surface area contributed by atoms with Crippen molar-refractivity contribution in [1.29, 1.82) is 0 Å². The van der Waals surface area contributed by atoms with Crippen LogP contribution in [0.4, 0.5) is 5.13 Å². The Morgan fingerprint density at radius 2 is 2.00 bits per heavy atom. The van der Waals surface area contributed by atoms with Gasteiger partial charge in [0.05, 0.1) is 10.2 Å². The second-order valence-corrected chi connectivity index (χ2v) is 7.19. The van der Waals surface area contributed by atoms with Crippen molar-refractivity contribution in [2.45, 2.75) is 41.0 Å². The Morgan fingerprint density at radius 3 is 2.63 bits per heavy atom. The number of nitrogens with one attached hydrogen (secondary N) is 1. The molecule has 1 aromatic heterocycles. The number of fused-ring (bicyclic) bond motifs is 1. The van der Waals surface area contributed by atoms with E-state index < -0.39 is 0 Å². The predicted molar refractivity (Wildman–Crippen MR) is 81.8 cm³/mol. The zero-order valence-electron chi connectivity index (χ0n) is 12.1. The van der Waals surface area contributed by atoms with Crippen molar-refractivity contribution in [3.63, 3.8) is 0 Å². The van der Waals surface area contributed by atoms with E-state index in [1.165, 1.54) is 22.5 Å². The maximum absolute atomic E-state index is 11.9. The molecule has 0 radical (unpaired) electrons. The zero-order valence-corrected chi connectivity index (χ0v) is 12.9. The molecule has 0 saturated heterocycles. The van der Waals surface area contributed by atoms with Crippen LogP contribution in [0, 0.1) is 19.3 Å². The van der Waals surface area contributed by atoms with E-state index in [9.17, 15) is 4.79 Å². The molecule has 2 rings (SSSR count). The second-order valence-electron chi connectivity index (χ2n) is 6.16. The smallest absolute Gasteiger partial charge is 0.226 e. The standard InChI is InChI=1S/C15H20N2OS/c1-9-6-7-11-13(10(9)2)17-14(19-11)16-12(18)8-15(3,4)5/h6-7H,8H2,1-5H3,(H,16,17,18). The van der Waals surface area contributed by atoms with Gasteiger partial charge in [0.25, 0.3) is 0 Å². The highest BCUT2D eigenvalue weighted by molar-refractivity contribution is 7.22. The summed E-state index contributed by atoms with van der Waals surface area (Å²) in [6.45, 7) is 10.3. The summed E-state index contributed by atoms with van der Waals surface area (Å²) < 4.78 is 1.12. The Labute approximate surface area is 118 Å². The number of thiazole rings is 1. The molecule has 4 heteroatoms. The summed E-state index contributed by atoms with van der Waals surface area (Å²) in [5.74, 6) is 0.0286. The van der Waals surface area contributed by atoms with Crippen LogP contribution in [0.2, 0.25) is 0 Å². The highest BCUT2D eigenvalue weighted by Gasteiger charge is 2.17. The minimum atomic E-state index is -0.00668. The van der Waals surface area contributed by atoms with Crippen LogP contribution in [0.25, 0.3) is 10.2 Å². The first kappa shape index (κ1) is 14.0. The number of amides is 1. The highest BCUT2D eigenvalue weighted by Crippen LogP contribution is 2.30. The fraction of sp³-hybridized carbons (Fsp3) is 0.467. The minimum absolute atomic E-state index is 0.00668. The molecule has 1 N–H and O–H groups in total. The highest BCUT2D eigenvalue weighted by atomic mass is 32.1. The molecule has 0 aliphatic rings. The van der Waals surface area contributed by atoms with E-state index in [-0.39, 0.29) is 11.3 Å². The molecule has 0 fully saturated rings. The van der Waals surface area contributed by atoms with Crippen molar-refractivity contribution in [2.75, 3.05) is 5.32 Å². The Morgan fingerprint density at radius 1 is 1.32 bits per heavy atom. The number of aryl methyl sites for hydroxylation is 2. The fourth-order valence-corrected chi connectivity index (χ4v) is 2.87. The number of carbonyl (C=O) groups is 1. The Hall–Kier alpha value is -1.42. The number of aromatic nitrogens is 1. The Kier molecular flexibility index (Phi) is 3.63. The van der Waals surface area contributed by atoms with Crippen LogP contribution in [-0.4, -0.2) is 10.9 Å². The van der Waals surface area contributed by atoms with E-state index in [1.807, 2.05) is 0 Å². The summed E-state index contributed by atoms with van der Waals surface area (Å²) in [6.07, 6.45) is 0.501. The molecule has 0 saturated carbocycles. The van der Waals surface area contributed by atoms with Crippen molar-refractivity contribution in [1.82, 2.24) is 4.98 Å². The van der Waals surface area contributed by atoms with E-state index in [0.29, 0.717) is 11.6 Å². The number of hydrogen-bond acceptors (Lipinski definition) is 3. The van der Waals surface area contributed by atoms with Gasteiger partial charge < -0.3 is 5.32 Å². The molecular weight excluding hydrogens is 256 g/mol. The molecule has 0 aliphatic carbocycles. The summed E-state index contributed by atoms with van der Waals surface area (Å²) in [5, 5.41) is 3.60. The fourth-order valence-electron chi connectivity index (χ4n) is 1.92. The average Bonchev–Trinajstić information content (AvgIpc) is 2.64. The van der Waals surface area contributed by atoms with Crippen LogP contribution < -0.4 is 5.32 Å². The summed E-state index contributed by atoms with van der Waals surface area (Å²) in [6, 6.07) is 4.16. The van der Waals surface area contributed by atoms with E-state index in [2.05, 4.69) is 57.1 Å². The molecule has 0 atom stereocenters. The summed E-state index contributed by atoms with van der Waals surface area (Å²) >= 11 is 1.53. The third kappa shape index (κ3) is 3.32. The molecular formula is C15H20N2OS. The van der Waals surface area contributed by atoms with Gasteiger partial charge in [-0.15, -0.1) is 0 Å². The van der Waals surface area contributed by atoms with Gasteiger partial charge in [0.2, 0.25) is 5.91 Å². The van der Waals surface area contributed by atoms with Crippen molar-refractivity contribution in [3.05, 3.63) is 23.3 Å². The van der Waals surface area contributed by atoms with Crippen molar-refractivity contribution < 1.29 is 4.79 Å². The van der Waals surface area contributed by atoms with E-state index in [4.69, 9.17) is 0 Å². The number of anilines is 1. The molecule has 1 amide bonds. The summed E-state index contributed by atoms with van der Waals surface area (Å²) in [7, 11) is 0. The molecule has 2 aromatic rings.